The number of fused-ring (bicyclic) bond motifs is 1. The van der Waals surface area contributed by atoms with Gasteiger partial charge in [0.1, 0.15) is 17.2 Å². The summed E-state index contributed by atoms with van der Waals surface area (Å²) >= 11 is 5.97. The smallest absolute Gasteiger partial charge is 0.409 e. The third-order valence-electron chi connectivity index (χ3n) is 5.67. The maximum absolute atomic E-state index is 14.7. The Morgan fingerprint density at radius 3 is 2.85 bits per heavy atom. The Morgan fingerprint density at radius 1 is 1.29 bits per heavy atom. The van der Waals surface area contributed by atoms with Gasteiger partial charge in [0.2, 0.25) is 0 Å². The number of anilines is 1. The molecule has 1 N–H and O–H groups in total. The van der Waals surface area contributed by atoms with Crippen LogP contribution in [0.25, 0.3) is 17.1 Å². The Bertz CT molecular complexity index is 1430. The number of halogens is 2. The number of carbonyl (C=O) groups is 2. The number of hydrogen-bond acceptors (Lipinski definition) is 7. The fraction of sp³-hybridized carbons (Fsp3) is 0.227. The van der Waals surface area contributed by atoms with E-state index in [9.17, 15) is 14.0 Å². The topological polar surface area (TPSA) is 115 Å². The molecule has 174 valence electrons. The lowest BCUT2D eigenvalue weighted by Gasteiger charge is -2.35. The molecule has 34 heavy (non-hydrogen) atoms. The first-order chi connectivity index (χ1) is 16.3. The molecule has 1 saturated heterocycles. The van der Waals surface area contributed by atoms with Gasteiger partial charge in [-0.25, -0.2) is 14.2 Å². The number of benzene rings is 1. The van der Waals surface area contributed by atoms with Crippen molar-refractivity contribution in [1.29, 1.82) is 0 Å². The first kappa shape index (κ1) is 21.8. The molecule has 0 atom stereocenters. The van der Waals surface area contributed by atoms with Gasteiger partial charge in [-0.05, 0) is 25.1 Å². The highest BCUT2D eigenvalue weighted by atomic mass is 35.5. The van der Waals surface area contributed by atoms with Crippen molar-refractivity contribution in [3.8, 4) is 11.5 Å². The first-order valence-corrected chi connectivity index (χ1v) is 10.6. The third-order valence-corrected chi connectivity index (χ3v) is 5.90. The summed E-state index contributed by atoms with van der Waals surface area (Å²) in [5.41, 5.74) is 1.59. The Balaban J connectivity index is 1.38. The molecular weight excluding hydrogens is 467 g/mol. The van der Waals surface area contributed by atoms with Gasteiger partial charge in [0.05, 0.1) is 19.2 Å². The number of amides is 2. The van der Waals surface area contributed by atoms with Crippen LogP contribution in [-0.4, -0.2) is 56.6 Å². The van der Waals surface area contributed by atoms with Crippen LogP contribution in [0, 0.1) is 12.7 Å². The van der Waals surface area contributed by atoms with E-state index in [4.69, 9.17) is 16.1 Å². The van der Waals surface area contributed by atoms with Crippen LogP contribution in [-0.2, 0) is 4.74 Å². The number of nitrogens with one attached hydrogen (secondary N) is 1. The number of carbonyl (C=O) groups excluding carboxylic acids is 2. The molecule has 12 heteroatoms. The number of ether oxygens (including phenoxy) is 1. The largest absolute Gasteiger partial charge is 0.453 e. The maximum atomic E-state index is 14.7. The summed E-state index contributed by atoms with van der Waals surface area (Å²) in [7, 11) is 1.31. The number of imidazole rings is 1. The van der Waals surface area contributed by atoms with Crippen LogP contribution in [0.15, 0.2) is 41.2 Å². The molecule has 10 nitrogen and oxygen atoms in total. The van der Waals surface area contributed by atoms with Gasteiger partial charge in [0.15, 0.2) is 5.82 Å². The Morgan fingerprint density at radius 2 is 2.09 bits per heavy atom. The summed E-state index contributed by atoms with van der Waals surface area (Å²) in [6, 6.07) is 6.09. The predicted octanol–water partition coefficient (Wildman–Crippen LogP) is 3.90. The van der Waals surface area contributed by atoms with Crippen molar-refractivity contribution >= 4 is 34.9 Å². The Kier molecular flexibility index (Phi) is 5.40. The second-order valence-electron chi connectivity index (χ2n) is 7.83. The van der Waals surface area contributed by atoms with Crippen molar-refractivity contribution in [1.82, 2.24) is 24.4 Å². The summed E-state index contributed by atoms with van der Waals surface area (Å²) in [5, 5.41) is 7.18. The highest BCUT2D eigenvalue weighted by Crippen LogP contribution is 2.30. The van der Waals surface area contributed by atoms with Crippen LogP contribution in [0.5, 0.6) is 0 Å². The lowest BCUT2D eigenvalue weighted by Crippen LogP contribution is -2.48. The zero-order chi connectivity index (χ0) is 24.0. The molecule has 1 aliphatic heterocycles. The monoisotopic (exact) mass is 484 g/mol. The van der Waals surface area contributed by atoms with Gasteiger partial charge >= 0.3 is 6.09 Å². The Labute approximate surface area is 197 Å². The number of likely N-dealkylation sites (tertiary alicyclic amines) is 1. The second kappa shape index (κ2) is 8.41. The van der Waals surface area contributed by atoms with Gasteiger partial charge in [-0.2, -0.15) is 4.98 Å². The van der Waals surface area contributed by atoms with Crippen LogP contribution in [0.3, 0.4) is 0 Å². The number of rotatable bonds is 4. The SMILES string of the molecule is COC(=O)N1CC(c2noc(-c3cc(F)c(C)c(NC(=O)c4cnc5cc(Cl)ccn45)c3)n2)C1. The van der Waals surface area contributed by atoms with Gasteiger partial charge in [-0.1, -0.05) is 16.8 Å². The van der Waals surface area contributed by atoms with Crippen molar-refractivity contribution in [2.75, 3.05) is 25.5 Å². The van der Waals surface area contributed by atoms with E-state index >= 15 is 0 Å². The average Bonchev–Trinajstić information content (AvgIpc) is 3.42. The van der Waals surface area contributed by atoms with E-state index in [0.29, 0.717) is 35.1 Å². The lowest BCUT2D eigenvalue weighted by atomic mass is 10.0. The minimum atomic E-state index is -0.544. The van der Waals surface area contributed by atoms with Crippen LogP contribution in [0.1, 0.15) is 27.8 Å². The number of aromatic nitrogens is 4. The van der Waals surface area contributed by atoms with Crippen LogP contribution in [0.2, 0.25) is 5.02 Å². The van der Waals surface area contributed by atoms with Crippen molar-refractivity contribution in [3.05, 3.63) is 64.6 Å². The summed E-state index contributed by atoms with van der Waals surface area (Å²) < 4.78 is 26.3. The van der Waals surface area contributed by atoms with E-state index in [1.54, 1.807) is 35.7 Å². The number of methoxy groups -OCH3 is 1. The molecule has 3 aromatic heterocycles. The molecule has 1 fully saturated rings. The summed E-state index contributed by atoms with van der Waals surface area (Å²) in [4.78, 5) is 34.5. The molecular formula is C22H18ClFN6O4. The van der Waals surface area contributed by atoms with E-state index in [1.807, 2.05) is 0 Å². The fourth-order valence-corrected chi connectivity index (χ4v) is 3.83. The molecule has 0 saturated carbocycles. The summed E-state index contributed by atoms with van der Waals surface area (Å²) in [6.07, 6.45) is 2.62. The number of nitrogens with zero attached hydrogens (tertiary/aromatic N) is 5. The Hall–Kier alpha value is -3.99. The molecule has 0 unspecified atom stereocenters. The molecule has 0 bridgehead atoms. The van der Waals surface area contributed by atoms with Crippen molar-refractivity contribution in [3.63, 3.8) is 0 Å². The predicted molar refractivity (Wildman–Crippen MR) is 119 cm³/mol. The van der Waals surface area contributed by atoms with E-state index in [-0.39, 0.29) is 28.8 Å². The van der Waals surface area contributed by atoms with Gasteiger partial charge in [0, 0.05) is 47.2 Å². The quantitative estimate of drug-likeness (QED) is 0.467. The van der Waals surface area contributed by atoms with E-state index in [2.05, 4.69) is 25.2 Å². The molecule has 4 aromatic rings. The molecule has 1 aliphatic rings. The standard InChI is InChI=1S/C22H18ClFN6O4/c1-11-15(24)5-12(21-27-19(28-34-21)13-9-29(10-13)22(32)33-2)6-16(11)26-20(31)17-8-25-18-7-14(23)3-4-30(17)18/h3-8,13H,9-10H2,1-2H3,(H,26,31). The zero-order valence-corrected chi connectivity index (χ0v) is 18.8. The molecule has 0 spiro atoms. The van der Waals surface area contributed by atoms with Crippen molar-refractivity contribution < 1.29 is 23.2 Å². The van der Waals surface area contributed by atoms with Crippen molar-refractivity contribution in [2.24, 2.45) is 0 Å². The normalized spacial score (nSPS) is 13.7. The van der Waals surface area contributed by atoms with Gasteiger partial charge in [-0.15, -0.1) is 0 Å². The third kappa shape index (κ3) is 3.83. The number of hydrogen-bond donors (Lipinski definition) is 1. The summed E-state index contributed by atoms with van der Waals surface area (Å²) in [5.74, 6) is -0.609. The average molecular weight is 485 g/mol. The highest BCUT2D eigenvalue weighted by molar-refractivity contribution is 6.30. The van der Waals surface area contributed by atoms with Crippen LogP contribution >= 0.6 is 11.6 Å². The van der Waals surface area contributed by atoms with E-state index < -0.39 is 17.8 Å². The minimum absolute atomic E-state index is 0.102. The van der Waals surface area contributed by atoms with Crippen LogP contribution < -0.4 is 5.32 Å². The molecule has 4 heterocycles. The molecule has 5 rings (SSSR count). The van der Waals surface area contributed by atoms with E-state index in [0.717, 1.165) is 0 Å². The minimum Gasteiger partial charge on any atom is -0.453 e. The van der Waals surface area contributed by atoms with E-state index in [1.165, 1.54) is 24.3 Å². The first-order valence-electron chi connectivity index (χ1n) is 10.2. The highest BCUT2D eigenvalue weighted by Gasteiger charge is 2.35. The zero-order valence-electron chi connectivity index (χ0n) is 18.1. The lowest BCUT2D eigenvalue weighted by molar-refractivity contribution is 0.0857. The molecule has 1 aromatic carbocycles. The molecule has 0 aliphatic carbocycles. The molecule has 2 amide bonds. The maximum Gasteiger partial charge on any atom is 0.409 e. The summed E-state index contributed by atoms with van der Waals surface area (Å²) in [6.45, 7) is 2.36. The van der Waals surface area contributed by atoms with Gasteiger partial charge in [0.25, 0.3) is 11.8 Å². The number of pyridine rings is 1. The van der Waals surface area contributed by atoms with Crippen LogP contribution in [0.4, 0.5) is 14.9 Å². The van der Waals surface area contributed by atoms with Gasteiger partial charge < -0.3 is 19.5 Å². The second-order valence-corrected chi connectivity index (χ2v) is 8.27. The van der Waals surface area contributed by atoms with Gasteiger partial charge in [-0.3, -0.25) is 9.20 Å². The fourth-order valence-electron chi connectivity index (χ4n) is 3.68. The van der Waals surface area contributed by atoms with Crippen molar-refractivity contribution in [2.45, 2.75) is 12.8 Å². The molecule has 0 radical (unpaired) electrons.